The van der Waals surface area contributed by atoms with Crippen LogP contribution in [0.1, 0.15) is 35.2 Å². The molecule has 1 aromatic heterocycles. The van der Waals surface area contributed by atoms with Gasteiger partial charge in [-0.3, -0.25) is 9.59 Å². The zero-order chi connectivity index (χ0) is 25.0. The van der Waals surface area contributed by atoms with Gasteiger partial charge in [0.1, 0.15) is 5.82 Å². The number of rotatable bonds is 4. The summed E-state index contributed by atoms with van der Waals surface area (Å²) in [6, 6.07) is 22.5. The number of aromatic nitrogens is 1. The van der Waals surface area contributed by atoms with Gasteiger partial charge in [0.05, 0.1) is 12.2 Å². The van der Waals surface area contributed by atoms with E-state index < -0.39 is 5.54 Å². The van der Waals surface area contributed by atoms with Crippen LogP contribution in [0.25, 0.3) is 10.9 Å². The molecule has 3 heterocycles. The molecular formula is C29H25BrFN3O2. The summed E-state index contributed by atoms with van der Waals surface area (Å²) in [5, 5.41) is 1.07. The second kappa shape index (κ2) is 8.59. The van der Waals surface area contributed by atoms with Gasteiger partial charge < -0.3 is 14.8 Å². The maximum absolute atomic E-state index is 14.1. The number of benzene rings is 3. The van der Waals surface area contributed by atoms with E-state index in [4.69, 9.17) is 0 Å². The summed E-state index contributed by atoms with van der Waals surface area (Å²) < 4.78 is 14.3. The number of nitrogens with zero attached hydrogens (tertiary/aromatic N) is 2. The fourth-order valence-corrected chi connectivity index (χ4v) is 6.03. The fraction of sp³-hybridized carbons (Fsp3) is 0.241. The normalized spacial score (nSPS) is 21.6. The minimum atomic E-state index is -1.13. The molecule has 3 aromatic carbocycles. The van der Waals surface area contributed by atoms with Crippen molar-refractivity contribution in [2.45, 2.75) is 24.8 Å². The molecule has 4 aromatic rings. The van der Waals surface area contributed by atoms with E-state index >= 15 is 0 Å². The molecule has 5 nitrogen and oxygen atoms in total. The van der Waals surface area contributed by atoms with Gasteiger partial charge >= 0.3 is 0 Å². The minimum Gasteiger partial charge on any atom is -0.356 e. The molecule has 0 spiro atoms. The van der Waals surface area contributed by atoms with Crippen molar-refractivity contribution in [3.8, 4) is 0 Å². The number of carbonyl (C=O) groups is 2. The second-order valence-corrected chi connectivity index (χ2v) is 10.7. The molecule has 0 aliphatic carbocycles. The maximum atomic E-state index is 14.1. The van der Waals surface area contributed by atoms with Gasteiger partial charge in [0.15, 0.2) is 5.54 Å². The Labute approximate surface area is 217 Å². The molecule has 1 saturated heterocycles. The van der Waals surface area contributed by atoms with Crippen molar-refractivity contribution < 1.29 is 14.0 Å². The molecule has 0 radical (unpaired) electrons. The monoisotopic (exact) mass is 545 g/mol. The second-order valence-electron chi connectivity index (χ2n) is 9.74. The molecule has 2 aliphatic heterocycles. The van der Waals surface area contributed by atoms with Crippen LogP contribution >= 0.6 is 15.9 Å². The van der Waals surface area contributed by atoms with Gasteiger partial charge in [-0.05, 0) is 60.4 Å². The zero-order valence-corrected chi connectivity index (χ0v) is 21.4. The van der Waals surface area contributed by atoms with Crippen molar-refractivity contribution in [1.82, 2.24) is 14.8 Å². The number of fused-ring (bicyclic) bond motifs is 5. The van der Waals surface area contributed by atoms with Crippen LogP contribution in [-0.4, -0.2) is 46.2 Å². The van der Waals surface area contributed by atoms with Crippen molar-refractivity contribution in [1.29, 1.82) is 0 Å². The van der Waals surface area contributed by atoms with E-state index in [1.165, 1.54) is 12.1 Å². The van der Waals surface area contributed by atoms with Gasteiger partial charge in [0.2, 0.25) is 5.91 Å². The number of halogens is 2. The molecule has 2 amide bonds. The molecule has 182 valence electrons. The first-order chi connectivity index (χ1) is 17.4. The highest BCUT2D eigenvalue weighted by atomic mass is 79.9. The largest absolute Gasteiger partial charge is 0.356 e. The van der Waals surface area contributed by atoms with Crippen molar-refractivity contribution in [2.75, 3.05) is 19.6 Å². The van der Waals surface area contributed by atoms with E-state index in [2.05, 4.69) is 39.1 Å². The molecule has 1 fully saturated rings. The van der Waals surface area contributed by atoms with Crippen LogP contribution in [0, 0.1) is 5.82 Å². The Morgan fingerprint density at radius 3 is 2.50 bits per heavy atom. The lowest BCUT2D eigenvalue weighted by atomic mass is 9.76. The number of hydrogen-bond donors (Lipinski definition) is 1. The third-order valence-corrected chi connectivity index (χ3v) is 8.20. The maximum Gasteiger partial charge on any atom is 0.254 e. The first-order valence-corrected chi connectivity index (χ1v) is 12.9. The number of H-pyrrole nitrogens is 1. The summed E-state index contributed by atoms with van der Waals surface area (Å²) in [7, 11) is 0. The number of aromatic amines is 1. The van der Waals surface area contributed by atoms with E-state index in [0.29, 0.717) is 19.5 Å². The topological polar surface area (TPSA) is 56.4 Å². The highest BCUT2D eigenvalue weighted by Crippen LogP contribution is 2.48. The van der Waals surface area contributed by atoms with E-state index in [1.54, 1.807) is 21.9 Å². The summed E-state index contributed by atoms with van der Waals surface area (Å²) in [4.78, 5) is 34.6. The van der Waals surface area contributed by atoms with E-state index in [9.17, 15) is 14.0 Å². The lowest BCUT2D eigenvalue weighted by Crippen LogP contribution is -2.67. The smallest absolute Gasteiger partial charge is 0.254 e. The molecule has 1 N–H and O–H groups in total. The van der Waals surface area contributed by atoms with Crippen molar-refractivity contribution in [3.05, 3.63) is 105 Å². The van der Waals surface area contributed by atoms with Gasteiger partial charge in [0.25, 0.3) is 5.91 Å². The zero-order valence-electron chi connectivity index (χ0n) is 19.8. The Balaban J connectivity index is 1.43. The fourth-order valence-electron chi connectivity index (χ4n) is 5.77. The van der Waals surface area contributed by atoms with E-state index in [1.807, 2.05) is 37.3 Å². The quantitative estimate of drug-likeness (QED) is 0.376. The molecule has 6 rings (SSSR count). The Kier molecular flexibility index (Phi) is 5.48. The molecule has 7 heteroatoms. The Hall–Kier alpha value is -3.45. The van der Waals surface area contributed by atoms with Crippen LogP contribution in [0.5, 0.6) is 0 Å². The molecular weight excluding hydrogens is 521 g/mol. The first-order valence-electron chi connectivity index (χ1n) is 12.1. The van der Waals surface area contributed by atoms with Crippen LogP contribution in [0.3, 0.4) is 0 Å². The molecule has 0 bridgehead atoms. The SMILES string of the molecule is CC12C(=O)N(CCc3ccc(F)cc3)CC(=O)N1CC(c1ccc(Br)cc1)c1c2[nH]c2ccccc12. The minimum absolute atomic E-state index is 0.0399. The summed E-state index contributed by atoms with van der Waals surface area (Å²) in [5.74, 6) is -0.506. The van der Waals surface area contributed by atoms with Crippen molar-refractivity contribution in [2.24, 2.45) is 0 Å². The molecule has 2 unspecified atom stereocenters. The van der Waals surface area contributed by atoms with Crippen LogP contribution in [0.4, 0.5) is 4.39 Å². The van der Waals surface area contributed by atoms with Crippen LogP contribution < -0.4 is 0 Å². The molecule has 2 atom stereocenters. The van der Waals surface area contributed by atoms with Gasteiger partial charge in [0, 0.05) is 34.4 Å². The average molecular weight is 546 g/mol. The Morgan fingerprint density at radius 1 is 1.03 bits per heavy atom. The average Bonchev–Trinajstić information content (AvgIpc) is 3.28. The lowest BCUT2D eigenvalue weighted by molar-refractivity contribution is -0.166. The predicted molar refractivity (Wildman–Crippen MR) is 140 cm³/mol. The summed E-state index contributed by atoms with van der Waals surface area (Å²) in [5.41, 5.74) is 3.72. The van der Waals surface area contributed by atoms with Gasteiger partial charge in [-0.2, -0.15) is 0 Å². The number of hydrogen-bond acceptors (Lipinski definition) is 2. The number of nitrogens with one attached hydrogen (secondary N) is 1. The van der Waals surface area contributed by atoms with E-state index in [0.717, 1.165) is 37.8 Å². The van der Waals surface area contributed by atoms with Crippen LogP contribution in [0.2, 0.25) is 0 Å². The van der Waals surface area contributed by atoms with Crippen LogP contribution in [-0.2, 0) is 21.5 Å². The number of carbonyl (C=O) groups excluding carboxylic acids is 2. The first kappa shape index (κ1) is 23.0. The van der Waals surface area contributed by atoms with Gasteiger partial charge in [-0.25, -0.2) is 4.39 Å². The number of amides is 2. The number of piperazine rings is 1. The van der Waals surface area contributed by atoms with Crippen molar-refractivity contribution in [3.63, 3.8) is 0 Å². The van der Waals surface area contributed by atoms with Crippen LogP contribution in [0.15, 0.2) is 77.3 Å². The third-order valence-electron chi connectivity index (χ3n) is 7.67. The van der Waals surface area contributed by atoms with E-state index in [-0.39, 0.29) is 30.1 Å². The van der Waals surface area contributed by atoms with Gasteiger partial charge in [-0.1, -0.05) is 58.4 Å². The summed E-state index contributed by atoms with van der Waals surface area (Å²) >= 11 is 3.52. The highest BCUT2D eigenvalue weighted by molar-refractivity contribution is 9.10. The predicted octanol–water partition coefficient (Wildman–Crippen LogP) is 5.34. The molecule has 2 aliphatic rings. The van der Waals surface area contributed by atoms with Gasteiger partial charge in [-0.15, -0.1) is 0 Å². The highest BCUT2D eigenvalue weighted by Gasteiger charge is 2.56. The standard InChI is InChI=1S/C29H25BrFN3O2/c1-29-27-26(22-4-2-3-5-24(22)32-27)23(19-8-10-20(30)11-9-19)16-34(29)25(35)17-33(28(29)36)15-14-18-6-12-21(31)13-7-18/h2-13,23,32H,14-17H2,1H3. The third kappa shape index (κ3) is 3.56. The van der Waals surface area contributed by atoms with Crippen molar-refractivity contribution >= 4 is 38.6 Å². The summed E-state index contributed by atoms with van der Waals surface area (Å²) in [6.45, 7) is 2.73. The molecule has 36 heavy (non-hydrogen) atoms. The molecule has 0 saturated carbocycles. The Morgan fingerprint density at radius 2 is 1.75 bits per heavy atom. The summed E-state index contributed by atoms with van der Waals surface area (Å²) in [6.07, 6.45) is 0.552. The lowest BCUT2D eigenvalue weighted by Gasteiger charge is -2.51. The Bertz CT molecular complexity index is 1480. The number of para-hydroxylation sites is 1.